The standard InChI is InChI=1S/C18H19FO3/c1-2-14-6-5-8-16(12-14)21-10-11-22-18(20)13-15-7-3-4-9-17(15)19/h3-9,12H,2,10-11,13H2,1H3. The number of halogens is 1. The molecule has 0 heterocycles. The zero-order valence-corrected chi connectivity index (χ0v) is 12.5. The molecule has 0 aromatic heterocycles. The van der Waals surface area contributed by atoms with Crippen LogP contribution < -0.4 is 4.74 Å². The van der Waals surface area contributed by atoms with Crippen molar-refractivity contribution in [2.75, 3.05) is 13.2 Å². The van der Waals surface area contributed by atoms with E-state index in [0.717, 1.165) is 12.2 Å². The van der Waals surface area contributed by atoms with Gasteiger partial charge in [-0.05, 0) is 35.7 Å². The highest BCUT2D eigenvalue weighted by molar-refractivity contribution is 5.72. The van der Waals surface area contributed by atoms with Crippen LogP contribution >= 0.6 is 0 Å². The predicted molar refractivity (Wildman–Crippen MR) is 82.4 cm³/mol. The highest BCUT2D eigenvalue weighted by Gasteiger charge is 2.08. The van der Waals surface area contributed by atoms with Crippen LogP contribution in [0.5, 0.6) is 5.75 Å². The summed E-state index contributed by atoms with van der Waals surface area (Å²) in [7, 11) is 0. The summed E-state index contributed by atoms with van der Waals surface area (Å²) < 4.78 is 24.0. The molecule has 116 valence electrons. The maximum Gasteiger partial charge on any atom is 0.310 e. The van der Waals surface area contributed by atoms with Crippen LogP contribution in [0.3, 0.4) is 0 Å². The normalized spacial score (nSPS) is 10.3. The Balaban J connectivity index is 1.72. The van der Waals surface area contributed by atoms with E-state index in [9.17, 15) is 9.18 Å². The number of hydrogen-bond donors (Lipinski definition) is 0. The van der Waals surface area contributed by atoms with E-state index in [4.69, 9.17) is 9.47 Å². The highest BCUT2D eigenvalue weighted by atomic mass is 19.1. The van der Waals surface area contributed by atoms with E-state index >= 15 is 0 Å². The van der Waals surface area contributed by atoms with Gasteiger partial charge in [0.05, 0.1) is 6.42 Å². The van der Waals surface area contributed by atoms with Crippen LogP contribution in [0, 0.1) is 5.82 Å². The third-order valence-corrected chi connectivity index (χ3v) is 3.21. The fourth-order valence-electron chi connectivity index (χ4n) is 2.02. The van der Waals surface area contributed by atoms with Crippen LogP contribution in [0.15, 0.2) is 48.5 Å². The molecular formula is C18H19FO3. The number of carbonyl (C=O) groups excluding carboxylic acids is 1. The van der Waals surface area contributed by atoms with Crippen LogP contribution in [0.1, 0.15) is 18.1 Å². The zero-order valence-electron chi connectivity index (χ0n) is 12.5. The first-order valence-corrected chi connectivity index (χ1v) is 7.30. The lowest BCUT2D eigenvalue weighted by Crippen LogP contribution is -2.14. The Kier molecular flexibility index (Phi) is 5.95. The lowest BCUT2D eigenvalue weighted by Gasteiger charge is -2.08. The number of esters is 1. The van der Waals surface area contributed by atoms with Gasteiger partial charge in [-0.3, -0.25) is 4.79 Å². The van der Waals surface area contributed by atoms with Crippen LogP contribution in [0.2, 0.25) is 0 Å². The van der Waals surface area contributed by atoms with Crippen molar-refractivity contribution in [2.45, 2.75) is 19.8 Å². The van der Waals surface area contributed by atoms with Crippen LogP contribution in [-0.4, -0.2) is 19.2 Å². The van der Waals surface area contributed by atoms with Gasteiger partial charge in [-0.2, -0.15) is 0 Å². The zero-order chi connectivity index (χ0) is 15.8. The van der Waals surface area contributed by atoms with Crippen LogP contribution in [0.4, 0.5) is 4.39 Å². The minimum absolute atomic E-state index is 0.0714. The van der Waals surface area contributed by atoms with Crippen molar-refractivity contribution in [3.05, 3.63) is 65.5 Å². The van der Waals surface area contributed by atoms with Gasteiger partial charge in [0.25, 0.3) is 0 Å². The SMILES string of the molecule is CCc1cccc(OCCOC(=O)Cc2ccccc2F)c1. The summed E-state index contributed by atoms with van der Waals surface area (Å²) in [5.41, 5.74) is 1.53. The first-order chi connectivity index (χ1) is 10.7. The second-order valence-corrected chi connectivity index (χ2v) is 4.84. The number of rotatable bonds is 7. The topological polar surface area (TPSA) is 35.5 Å². The molecule has 2 aromatic carbocycles. The smallest absolute Gasteiger partial charge is 0.310 e. The molecule has 22 heavy (non-hydrogen) atoms. The lowest BCUT2D eigenvalue weighted by molar-refractivity contribution is -0.143. The number of aryl methyl sites for hydroxylation is 1. The second-order valence-electron chi connectivity index (χ2n) is 4.84. The van der Waals surface area contributed by atoms with E-state index < -0.39 is 11.8 Å². The predicted octanol–water partition coefficient (Wildman–Crippen LogP) is 3.55. The Bertz CT molecular complexity index is 625. The number of carbonyl (C=O) groups is 1. The van der Waals surface area contributed by atoms with Crippen molar-refractivity contribution in [1.29, 1.82) is 0 Å². The molecular weight excluding hydrogens is 283 g/mol. The van der Waals surface area contributed by atoms with Crippen molar-refractivity contribution in [1.82, 2.24) is 0 Å². The van der Waals surface area contributed by atoms with Gasteiger partial charge in [-0.15, -0.1) is 0 Å². The van der Waals surface area contributed by atoms with E-state index in [2.05, 4.69) is 6.92 Å². The summed E-state index contributed by atoms with van der Waals surface area (Å²) in [6.45, 7) is 2.49. The third kappa shape index (κ3) is 4.88. The summed E-state index contributed by atoms with van der Waals surface area (Å²) in [5, 5.41) is 0. The summed E-state index contributed by atoms with van der Waals surface area (Å²) >= 11 is 0. The minimum atomic E-state index is -0.462. The van der Waals surface area contributed by atoms with Gasteiger partial charge in [0.15, 0.2) is 0 Å². The Labute approximate surface area is 129 Å². The van der Waals surface area contributed by atoms with E-state index in [1.165, 1.54) is 11.6 Å². The van der Waals surface area contributed by atoms with Gasteiger partial charge >= 0.3 is 5.97 Å². The van der Waals surface area contributed by atoms with Crippen molar-refractivity contribution < 1.29 is 18.7 Å². The van der Waals surface area contributed by atoms with Crippen molar-refractivity contribution in [3.8, 4) is 5.75 Å². The highest BCUT2D eigenvalue weighted by Crippen LogP contribution is 2.13. The molecule has 0 saturated carbocycles. The molecule has 0 aliphatic carbocycles. The van der Waals surface area contributed by atoms with Crippen LogP contribution in [0.25, 0.3) is 0 Å². The molecule has 0 aliphatic heterocycles. The van der Waals surface area contributed by atoms with Gasteiger partial charge in [0.2, 0.25) is 0 Å². The molecule has 0 radical (unpaired) electrons. The third-order valence-electron chi connectivity index (χ3n) is 3.21. The number of ether oxygens (including phenoxy) is 2. The Morgan fingerprint density at radius 3 is 2.68 bits per heavy atom. The number of hydrogen-bond acceptors (Lipinski definition) is 3. The summed E-state index contributed by atoms with van der Waals surface area (Å²) in [5.74, 6) is -0.104. The average molecular weight is 302 g/mol. The van der Waals surface area contributed by atoms with Crippen molar-refractivity contribution in [2.24, 2.45) is 0 Å². The fraction of sp³-hybridized carbons (Fsp3) is 0.278. The number of benzene rings is 2. The fourth-order valence-corrected chi connectivity index (χ4v) is 2.02. The second kappa shape index (κ2) is 8.17. The molecule has 0 aliphatic rings. The molecule has 2 rings (SSSR count). The Hall–Kier alpha value is -2.36. The molecule has 0 saturated heterocycles. The van der Waals surface area contributed by atoms with Crippen molar-refractivity contribution in [3.63, 3.8) is 0 Å². The van der Waals surface area contributed by atoms with Gasteiger partial charge in [-0.1, -0.05) is 37.3 Å². The molecule has 0 fully saturated rings. The Morgan fingerprint density at radius 2 is 1.91 bits per heavy atom. The van der Waals surface area contributed by atoms with Gasteiger partial charge < -0.3 is 9.47 Å². The molecule has 3 nitrogen and oxygen atoms in total. The quantitative estimate of drug-likeness (QED) is 0.579. The first-order valence-electron chi connectivity index (χ1n) is 7.30. The van der Waals surface area contributed by atoms with Gasteiger partial charge in [-0.25, -0.2) is 4.39 Å². The van der Waals surface area contributed by atoms with E-state index in [-0.39, 0.29) is 19.6 Å². The molecule has 2 aromatic rings. The average Bonchev–Trinajstić information content (AvgIpc) is 2.54. The molecule has 4 heteroatoms. The van der Waals surface area contributed by atoms with E-state index in [1.807, 2.05) is 24.3 Å². The molecule has 0 atom stereocenters. The van der Waals surface area contributed by atoms with Crippen molar-refractivity contribution >= 4 is 5.97 Å². The maximum absolute atomic E-state index is 13.4. The minimum Gasteiger partial charge on any atom is -0.490 e. The molecule has 0 N–H and O–H groups in total. The first kappa shape index (κ1) is 16.0. The lowest BCUT2D eigenvalue weighted by atomic mass is 10.1. The molecule has 0 bridgehead atoms. The van der Waals surface area contributed by atoms with Crippen LogP contribution in [-0.2, 0) is 22.4 Å². The molecule has 0 unspecified atom stereocenters. The molecule has 0 amide bonds. The van der Waals surface area contributed by atoms with E-state index in [0.29, 0.717) is 5.56 Å². The Morgan fingerprint density at radius 1 is 1.09 bits per heavy atom. The van der Waals surface area contributed by atoms with Gasteiger partial charge in [0.1, 0.15) is 24.8 Å². The van der Waals surface area contributed by atoms with Gasteiger partial charge in [0, 0.05) is 0 Å². The summed E-state index contributed by atoms with van der Waals surface area (Å²) in [6.07, 6.45) is 0.868. The monoisotopic (exact) mass is 302 g/mol. The largest absolute Gasteiger partial charge is 0.490 e. The van der Waals surface area contributed by atoms with E-state index in [1.54, 1.807) is 18.2 Å². The summed E-state index contributed by atoms with van der Waals surface area (Å²) in [6, 6.07) is 14.0. The summed E-state index contributed by atoms with van der Waals surface area (Å²) in [4.78, 5) is 11.6. The molecule has 0 spiro atoms. The maximum atomic E-state index is 13.4.